The number of amides is 1. The van der Waals surface area contributed by atoms with Crippen LogP contribution in [0.15, 0.2) is 46.9 Å². The van der Waals surface area contributed by atoms with E-state index in [1.165, 1.54) is 18.2 Å². The number of benzene rings is 2. The molecule has 0 aliphatic heterocycles. The number of rotatable bonds is 6. The molecule has 27 heavy (non-hydrogen) atoms. The van der Waals surface area contributed by atoms with Crippen LogP contribution in [0.2, 0.25) is 5.02 Å². The molecule has 0 aliphatic rings. The molecule has 0 aliphatic carbocycles. The fraction of sp³-hybridized carbons (Fsp3) is 0.158. The minimum absolute atomic E-state index is 0.0444. The van der Waals surface area contributed by atoms with Crippen LogP contribution in [0.25, 0.3) is 11.1 Å². The Morgan fingerprint density at radius 2 is 2.07 bits per heavy atom. The van der Waals surface area contributed by atoms with E-state index in [2.05, 4.69) is 10.3 Å². The molecule has 0 atom stereocenters. The highest BCUT2D eigenvalue weighted by Crippen LogP contribution is 2.20. The molecule has 8 heteroatoms. The first kappa shape index (κ1) is 18.4. The zero-order valence-electron chi connectivity index (χ0n) is 14.1. The molecule has 1 amide bonds. The number of ether oxygens (including phenoxy) is 1. The summed E-state index contributed by atoms with van der Waals surface area (Å²) in [6.07, 6.45) is 0.323. The number of nitriles is 1. The lowest BCUT2D eigenvalue weighted by molar-refractivity contribution is -0.147. The first-order valence-electron chi connectivity index (χ1n) is 8.05. The Morgan fingerprint density at radius 3 is 2.81 bits per heavy atom. The lowest BCUT2D eigenvalue weighted by Crippen LogP contribution is -2.21. The van der Waals surface area contributed by atoms with Crippen LogP contribution >= 0.6 is 11.6 Å². The van der Waals surface area contributed by atoms with E-state index in [0.717, 1.165) is 5.52 Å². The van der Waals surface area contributed by atoms with Gasteiger partial charge in [-0.05, 0) is 30.3 Å². The van der Waals surface area contributed by atoms with Crippen LogP contribution in [0.5, 0.6) is 0 Å². The summed E-state index contributed by atoms with van der Waals surface area (Å²) in [5, 5.41) is 11.6. The van der Waals surface area contributed by atoms with E-state index < -0.39 is 18.5 Å². The molecule has 1 heterocycles. The van der Waals surface area contributed by atoms with Gasteiger partial charge in [-0.15, -0.1) is 0 Å². The molecule has 3 rings (SSSR count). The van der Waals surface area contributed by atoms with Gasteiger partial charge < -0.3 is 14.5 Å². The zero-order valence-corrected chi connectivity index (χ0v) is 14.8. The van der Waals surface area contributed by atoms with Crippen molar-refractivity contribution < 1.29 is 18.7 Å². The second-order valence-corrected chi connectivity index (χ2v) is 6.00. The maximum atomic E-state index is 11.8. The van der Waals surface area contributed by atoms with E-state index in [9.17, 15) is 9.59 Å². The third-order valence-corrected chi connectivity index (χ3v) is 3.93. The van der Waals surface area contributed by atoms with Crippen LogP contribution in [0.1, 0.15) is 17.9 Å². The summed E-state index contributed by atoms with van der Waals surface area (Å²) in [6, 6.07) is 13.7. The standard InChI is InChI=1S/C19H14ClN3O4/c20-14-9-13(6-5-12(14)10-21)22-17(24)11-26-19(25)8-7-18-23-15-3-1-2-4-16(15)27-18/h1-6,9H,7-8,11H2,(H,22,24). The van der Waals surface area contributed by atoms with Crippen molar-refractivity contribution in [1.29, 1.82) is 5.26 Å². The van der Waals surface area contributed by atoms with Crippen molar-refractivity contribution in [1.82, 2.24) is 4.98 Å². The largest absolute Gasteiger partial charge is 0.456 e. The van der Waals surface area contributed by atoms with Gasteiger partial charge in [-0.25, -0.2) is 4.98 Å². The summed E-state index contributed by atoms with van der Waals surface area (Å²) in [5.74, 6) is -0.610. The minimum Gasteiger partial charge on any atom is -0.456 e. The molecule has 0 bridgehead atoms. The molecule has 0 spiro atoms. The number of carbonyl (C=O) groups excluding carboxylic acids is 2. The summed E-state index contributed by atoms with van der Waals surface area (Å²) in [4.78, 5) is 27.9. The Kier molecular flexibility index (Phi) is 5.69. The number of para-hydroxylation sites is 2. The highest BCUT2D eigenvalue weighted by molar-refractivity contribution is 6.32. The van der Waals surface area contributed by atoms with E-state index in [1.807, 2.05) is 24.3 Å². The topological polar surface area (TPSA) is 105 Å². The smallest absolute Gasteiger partial charge is 0.306 e. The number of nitrogens with one attached hydrogen (secondary N) is 1. The second-order valence-electron chi connectivity index (χ2n) is 5.59. The molecular formula is C19H14ClN3O4. The number of hydrogen-bond acceptors (Lipinski definition) is 6. The molecule has 2 aromatic carbocycles. The molecule has 3 aromatic rings. The number of anilines is 1. The van der Waals surface area contributed by atoms with Gasteiger partial charge in [-0.1, -0.05) is 23.7 Å². The number of oxazole rings is 1. The number of halogens is 1. The van der Waals surface area contributed by atoms with Gasteiger partial charge in [0.2, 0.25) is 0 Å². The van der Waals surface area contributed by atoms with Gasteiger partial charge in [0.1, 0.15) is 11.6 Å². The molecule has 0 radical (unpaired) electrons. The second kappa shape index (κ2) is 8.34. The Balaban J connectivity index is 1.45. The number of carbonyl (C=O) groups is 2. The molecular weight excluding hydrogens is 370 g/mol. The number of fused-ring (bicyclic) bond motifs is 1. The Labute approximate surface area is 159 Å². The molecule has 0 fully saturated rings. The summed E-state index contributed by atoms with van der Waals surface area (Å²) in [7, 11) is 0. The minimum atomic E-state index is -0.537. The first-order valence-corrected chi connectivity index (χ1v) is 8.42. The normalized spacial score (nSPS) is 10.4. The van der Waals surface area contributed by atoms with E-state index >= 15 is 0 Å². The van der Waals surface area contributed by atoms with Crippen LogP contribution < -0.4 is 5.32 Å². The van der Waals surface area contributed by atoms with Crippen LogP contribution in [0.4, 0.5) is 5.69 Å². The van der Waals surface area contributed by atoms with Crippen molar-refractivity contribution in [2.24, 2.45) is 0 Å². The molecule has 0 saturated heterocycles. The molecule has 0 unspecified atom stereocenters. The Hall–Kier alpha value is -3.37. The maximum absolute atomic E-state index is 11.8. The fourth-order valence-corrected chi connectivity index (χ4v) is 2.56. The van der Waals surface area contributed by atoms with Gasteiger partial charge in [0.05, 0.1) is 17.0 Å². The quantitative estimate of drug-likeness (QED) is 0.653. The van der Waals surface area contributed by atoms with Gasteiger partial charge in [-0.3, -0.25) is 9.59 Å². The third-order valence-electron chi connectivity index (χ3n) is 3.62. The van der Waals surface area contributed by atoms with Crippen molar-refractivity contribution in [2.45, 2.75) is 12.8 Å². The predicted octanol–water partition coefficient (Wildman–Crippen LogP) is 3.47. The summed E-state index contributed by atoms with van der Waals surface area (Å²) in [6.45, 7) is -0.427. The van der Waals surface area contributed by atoms with Crippen LogP contribution in [0.3, 0.4) is 0 Å². The van der Waals surface area contributed by atoms with E-state index in [1.54, 1.807) is 6.07 Å². The fourth-order valence-electron chi connectivity index (χ4n) is 2.33. The highest BCUT2D eigenvalue weighted by Gasteiger charge is 2.12. The van der Waals surface area contributed by atoms with Crippen molar-refractivity contribution >= 4 is 40.3 Å². The summed E-state index contributed by atoms with van der Waals surface area (Å²) in [5.41, 5.74) is 2.09. The third kappa shape index (κ3) is 4.84. The Morgan fingerprint density at radius 1 is 1.26 bits per heavy atom. The molecule has 136 valence electrons. The number of aromatic nitrogens is 1. The molecule has 0 saturated carbocycles. The van der Waals surface area contributed by atoms with E-state index in [0.29, 0.717) is 22.7 Å². The van der Waals surface area contributed by atoms with Crippen molar-refractivity contribution in [2.75, 3.05) is 11.9 Å². The molecule has 1 N–H and O–H groups in total. The predicted molar refractivity (Wildman–Crippen MR) is 98.1 cm³/mol. The summed E-state index contributed by atoms with van der Waals surface area (Å²) < 4.78 is 10.5. The van der Waals surface area contributed by atoms with Gasteiger partial charge in [-0.2, -0.15) is 5.26 Å². The van der Waals surface area contributed by atoms with Gasteiger partial charge >= 0.3 is 5.97 Å². The van der Waals surface area contributed by atoms with Crippen LogP contribution in [0, 0.1) is 11.3 Å². The maximum Gasteiger partial charge on any atom is 0.306 e. The van der Waals surface area contributed by atoms with Gasteiger partial charge in [0.15, 0.2) is 18.1 Å². The first-order chi connectivity index (χ1) is 13.0. The van der Waals surface area contributed by atoms with Crippen LogP contribution in [-0.2, 0) is 20.7 Å². The zero-order chi connectivity index (χ0) is 19.2. The summed E-state index contributed by atoms with van der Waals surface area (Å²) >= 11 is 5.90. The van der Waals surface area contributed by atoms with Crippen LogP contribution in [-0.4, -0.2) is 23.5 Å². The SMILES string of the molecule is N#Cc1ccc(NC(=O)COC(=O)CCc2nc3ccccc3o2)cc1Cl. The number of hydrogen-bond donors (Lipinski definition) is 1. The Bertz CT molecular complexity index is 1010. The number of aryl methyl sites for hydroxylation is 1. The van der Waals surface area contributed by atoms with Crippen molar-refractivity contribution in [3.63, 3.8) is 0 Å². The average Bonchev–Trinajstić information content (AvgIpc) is 3.08. The molecule has 1 aromatic heterocycles. The van der Waals surface area contributed by atoms with Crippen molar-refractivity contribution in [3.8, 4) is 6.07 Å². The number of nitrogens with zero attached hydrogens (tertiary/aromatic N) is 2. The lowest BCUT2D eigenvalue weighted by Gasteiger charge is -2.07. The van der Waals surface area contributed by atoms with Gasteiger partial charge in [0.25, 0.3) is 5.91 Å². The number of esters is 1. The average molecular weight is 384 g/mol. The van der Waals surface area contributed by atoms with Crippen molar-refractivity contribution in [3.05, 3.63) is 58.9 Å². The van der Waals surface area contributed by atoms with E-state index in [4.69, 9.17) is 26.0 Å². The lowest BCUT2D eigenvalue weighted by atomic mass is 10.2. The van der Waals surface area contributed by atoms with E-state index in [-0.39, 0.29) is 17.9 Å². The highest BCUT2D eigenvalue weighted by atomic mass is 35.5. The van der Waals surface area contributed by atoms with Gasteiger partial charge in [0, 0.05) is 12.1 Å². The monoisotopic (exact) mass is 383 g/mol. The molecule has 7 nitrogen and oxygen atoms in total.